The fraction of sp³-hybridized carbons (Fsp3) is 0.780. The van der Waals surface area contributed by atoms with Crippen molar-refractivity contribution < 1.29 is 69.0 Å². The van der Waals surface area contributed by atoms with Crippen LogP contribution in [0.2, 0.25) is 0 Å². The van der Waals surface area contributed by atoms with Gasteiger partial charge >= 0.3 is 0 Å². The van der Waals surface area contributed by atoms with E-state index in [0.29, 0.717) is 30.6 Å². The molecule has 9 unspecified atom stereocenters. The Hall–Kier alpha value is -2.21. The number of methoxy groups -OCH3 is 2. The first-order valence-corrected chi connectivity index (χ1v) is 19.9. The van der Waals surface area contributed by atoms with Gasteiger partial charge in [0.15, 0.2) is 12.6 Å². The van der Waals surface area contributed by atoms with Gasteiger partial charge in [-0.25, -0.2) is 0 Å². The summed E-state index contributed by atoms with van der Waals surface area (Å²) in [5.41, 5.74) is 2.15. The largest absolute Gasteiger partial charge is 0.497 e. The number of carbonyl (C=O) groups is 1. The maximum Gasteiger partial charge on any atom is 0.187 e. The van der Waals surface area contributed by atoms with Gasteiger partial charge in [-0.15, -0.1) is 0 Å². The summed E-state index contributed by atoms with van der Waals surface area (Å²) in [5, 5.41) is 72.9. The van der Waals surface area contributed by atoms with Gasteiger partial charge in [-0.2, -0.15) is 0 Å². The van der Waals surface area contributed by atoms with Crippen LogP contribution in [0.3, 0.4) is 0 Å². The zero-order valence-electron chi connectivity index (χ0n) is 32.4. The van der Waals surface area contributed by atoms with Gasteiger partial charge in [-0.1, -0.05) is 25.5 Å². The smallest absolute Gasteiger partial charge is 0.187 e. The highest BCUT2D eigenvalue weighted by Gasteiger charge is 2.63. The molecule has 55 heavy (non-hydrogen) atoms. The second-order valence-electron chi connectivity index (χ2n) is 17.3. The molecule has 1 aromatic rings. The first kappa shape index (κ1) is 41.0. The normalized spacial score (nSPS) is 46.9. The van der Waals surface area contributed by atoms with E-state index >= 15 is 0 Å². The van der Waals surface area contributed by atoms with Crippen LogP contribution in [0.25, 0.3) is 0 Å². The predicted octanol–water partition coefficient (Wildman–Crippen LogP) is 1.57. The second kappa shape index (κ2) is 15.9. The lowest BCUT2D eigenvalue weighted by molar-refractivity contribution is -0.363. The minimum Gasteiger partial charge on any atom is -0.497 e. The molecule has 7 rings (SSSR count). The summed E-state index contributed by atoms with van der Waals surface area (Å²) < 4.78 is 34.9. The van der Waals surface area contributed by atoms with E-state index in [-0.39, 0.29) is 34.6 Å². The number of ether oxygens (including phenoxy) is 6. The maximum atomic E-state index is 13.5. The molecule has 18 atom stereocenters. The average molecular weight is 777 g/mol. The molecule has 0 radical (unpaired) electrons. The number of aliphatic hydroxyl groups excluding tert-OH is 7. The van der Waals surface area contributed by atoms with Crippen molar-refractivity contribution in [1.82, 2.24) is 0 Å². The number of carbonyl (C=O) groups excluding carboxylic acids is 1. The number of allylic oxidation sites excluding steroid dienone is 1. The van der Waals surface area contributed by atoms with E-state index in [2.05, 4.69) is 19.9 Å². The first-order chi connectivity index (χ1) is 26.2. The lowest BCUT2D eigenvalue weighted by Crippen LogP contribution is -2.65. The van der Waals surface area contributed by atoms with Gasteiger partial charge in [0, 0.05) is 11.5 Å². The highest BCUT2D eigenvalue weighted by Crippen LogP contribution is 2.69. The standard InChI is InChI=1S/C41H60O14/c1-19(44)31-25(24-15-21(50-4)7-9-28(24)51-5)16-27-23-8-6-20-14-22(10-12-40(20,2)26(23)11-13-41(27,31)3)52-38-36(49)34(47)37(30(18-43)54-38)55-39-35(48)33(46)32(45)29(17-42)53-39/h6-7,9,15,22-23,25-27,29-39,42-43,45-49H,8,10-14,16-18H2,1-5H3/t22?,23?,25?,26?,27?,29-,30-,31?,32-,33+,34-,35-,36-,37-,38?,39-,40?,41?/m1/s1. The van der Waals surface area contributed by atoms with Crippen LogP contribution in [0.15, 0.2) is 29.8 Å². The fourth-order valence-corrected chi connectivity index (χ4v) is 11.8. The highest BCUT2D eigenvalue weighted by atomic mass is 16.7. The van der Waals surface area contributed by atoms with Crippen LogP contribution in [0.5, 0.6) is 11.5 Å². The van der Waals surface area contributed by atoms with E-state index in [4.69, 9.17) is 28.4 Å². The van der Waals surface area contributed by atoms with Gasteiger partial charge in [0.25, 0.3) is 0 Å². The zero-order valence-corrected chi connectivity index (χ0v) is 32.4. The summed E-state index contributed by atoms with van der Waals surface area (Å²) in [6.07, 6.45) is -6.96. The molecule has 308 valence electrons. The Balaban J connectivity index is 1.04. The molecule has 7 N–H and O–H groups in total. The third kappa shape index (κ3) is 6.96. The van der Waals surface area contributed by atoms with Crippen molar-refractivity contribution in [2.45, 2.75) is 139 Å². The number of hydrogen-bond donors (Lipinski definition) is 7. The van der Waals surface area contributed by atoms with Gasteiger partial charge in [0.2, 0.25) is 0 Å². The fourth-order valence-electron chi connectivity index (χ4n) is 11.8. The third-order valence-corrected chi connectivity index (χ3v) is 14.7. The number of benzene rings is 1. The Bertz CT molecular complexity index is 1570. The number of fused-ring (bicyclic) bond motifs is 5. The van der Waals surface area contributed by atoms with Crippen molar-refractivity contribution >= 4 is 5.78 Å². The van der Waals surface area contributed by atoms with Crippen molar-refractivity contribution in [3.05, 3.63) is 35.4 Å². The molecule has 2 heterocycles. The molecule has 2 saturated heterocycles. The van der Waals surface area contributed by atoms with Crippen LogP contribution in [0.1, 0.15) is 77.2 Å². The molecule has 0 amide bonds. The Labute approximate surface area is 322 Å². The van der Waals surface area contributed by atoms with Gasteiger partial charge in [-0.3, -0.25) is 4.79 Å². The van der Waals surface area contributed by atoms with E-state index < -0.39 is 74.6 Å². The molecule has 14 nitrogen and oxygen atoms in total. The number of hydrogen-bond acceptors (Lipinski definition) is 14. The van der Waals surface area contributed by atoms with E-state index in [1.54, 1.807) is 21.1 Å². The van der Waals surface area contributed by atoms with E-state index in [9.17, 15) is 40.5 Å². The summed E-state index contributed by atoms with van der Waals surface area (Å²) >= 11 is 0. The summed E-state index contributed by atoms with van der Waals surface area (Å²) in [4.78, 5) is 13.5. The Morgan fingerprint density at radius 3 is 2.20 bits per heavy atom. The molecule has 4 aliphatic carbocycles. The highest BCUT2D eigenvalue weighted by molar-refractivity contribution is 5.81. The number of rotatable bonds is 10. The van der Waals surface area contributed by atoms with Gasteiger partial charge in [-0.05, 0) is 105 Å². The Morgan fingerprint density at radius 1 is 0.836 bits per heavy atom. The molecular weight excluding hydrogens is 716 g/mol. The summed E-state index contributed by atoms with van der Waals surface area (Å²) in [6, 6.07) is 5.88. The molecule has 0 spiro atoms. The van der Waals surface area contributed by atoms with Crippen molar-refractivity contribution in [3.8, 4) is 11.5 Å². The van der Waals surface area contributed by atoms with E-state index in [1.165, 1.54) is 5.57 Å². The first-order valence-electron chi connectivity index (χ1n) is 19.9. The Kier molecular flexibility index (Phi) is 11.8. The lowest BCUT2D eigenvalue weighted by atomic mass is 9.47. The minimum atomic E-state index is -1.74. The van der Waals surface area contributed by atoms with Crippen LogP contribution < -0.4 is 9.47 Å². The van der Waals surface area contributed by atoms with Crippen LogP contribution in [0.4, 0.5) is 0 Å². The van der Waals surface area contributed by atoms with Crippen molar-refractivity contribution in [2.75, 3.05) is 27.4 Å². The molecule has 3 saturated carbocycles. The summed E-state index contributed by atoms with van der Waals surface area (Å²) in [7, 11) is 3.33. The molecule has 0 bridgehead atoms. The Morgan fingerprint density at radius 2 is 1.53 bits per heavy atom. The van der Waals surface area contributed by atoms with Crippen molar-refractivity contribution in [3.63, 3.8) is 0 Å². The summed E-state index contributed by atoms with van der Waals surface area (Å²) in [6.45, 7) is 5.15. The minimum absolute atomic E-state index is 0.0286. The van der Waals surface area contributed by atoms with Crippen LogP contribution in [-0.2, 0) is 23.7 Å². The van der Waals surface area contributed by atoms with Crippen LogP contribution >= 0.6 is 0 Å². The number of aliphatic hydroxyl groups is 7. The molecule has 0 aromatic heterocycles. The molecule has 14 heteroatoms. The number of Topliss-reactive ketones (excluding diaryl/α,β-unsaturated/α-hetero) is 1. The average Bonchev–Trinajstić information content (AvgIpc) is 3.50. The second-order valence-corrected chi connectivity index (χ2v) is 17.3. The molecule has 1 aromatic carbocycles. The molecule has 6 aliphatic rings. The molecule has 5 fully saturated rings. The zero-order chi connectivity index (χ0) is 39.6. The topological polar surface area (TPSA) is 214 Å². The van der Waals surface area contributed by atoms with Crippen LogP contribution in [0, 0.1) is 34.5 Å². The SMILES string of the molecule is COc1ccc(OC)c(C2CC3C4CC=C5CC(OC6O[C@H](CO)[C@@H](O[C@H]7O[C@H](CO)[C@@H](O)[C@H](O)[C@H]7O)[C@H](O)[C@H]6O)CCC5(C)C4CCC3(C)C2C(C)=O)c1. The quantitative estimate of drug-likeness (QED) is 0.168. The lowest BCUT2D eigenvalue weighted by Gasteiger charge is -2.58. The predicted molar refractivity (Wildman–Crippen MR) is 195 cm³/mol. The summed E-state index contributed by atoms with van der Waals surface area (Å²) in [5.74, 6) is 2.87. The van der Waals surface area contributed by atoms with Gasteiger partial charge in [0.1, 0.15) is 66.1 Å². The van der Waals surface area contributed by atoms with Crippen molar-refractivity contribution in [2.24, 2.45) is 34.5 Å². The maximum absolute atomic E-state index is 13.5. The van der Waals surface area contributed by atoms with E-state index in [0.717, 1.165) is 49.2 Å². The van der Waals surface area contributed by atoms with Crippen molar-refractivity contribution in [1.29, 1.82) is 0 Å². The monoisotopic (exact) mass is 776 g/mol. The van der Waals surface area contributed by atoms with Crippen LogP contribution in [-0.4, -0.2) is 136 Å². The van der Waals surface area contributed by atoms with E-state index in [1.807, 2.05) is 18.2 Å². The number of ketones is 1. The van der Waals surface area contributed by atoms with Gasteiger partial charge in [0.05, 0.1) is 33.5 Å². The molecular formula is C41H60O14. The van der Waals surface area contributed by atoms with Gasteiger partial charge < -0.3 is 64.2 Å². The molecule has 2 aliphatic heterocycles. The third-order valence-electron chi connectivity index (χ3n) is 14.7.